The van der Waals surface area contributed by atoms with E-state index in [1.54, 1.807) is 0 Å². The second-order valence-electron chi connectivity index (χ2n) is 5.01. The molecule has 24 heavy (non-hydrogen) atoms. The molecular weight excluding hydrogens is 349 g/mol. The lowest BCUT2D eigenvalue weighted by Crippen LogP contribution is -2.05. The average molecular weight is 357 g/mol. The van der Waals surface area contributed by atoms with Gasteiger partial charge in [-0.05, 0) is 18.2 Å². The van der Waals surface area contributed by atoms with Crippen molar-refractivity contribution >= 4 is 22.6 Å². The Morgan fingerprint density at radius 1 is 1.04 bits per heavy atom. The first-order valence-electron chi connectivity index (χ1n) is 6.54. The minimum atomic E-state index is -4.55. The topological polar surface area (TPSA) is 70.7 Å². The molecule has 2 aromatic carbocycles. The fourth-order valence-electron chi connectivity index (χ4n) is 2.28. The van der Waals surface area contributed by atoms with Crippen molar-refractivity contribution in [2.24, 2.45) is 0 Å². The molecule has 4 nitrogen and oxygen atoms in total. The average Bonchev–Trinajstić information content (AvgIpc) is 2.44. The summed E-state index contributed by atoms with van der Waals surface area (Å²) in [5, 5.41) is 18.8. The molecule has 0 aliphatic rings. The van der Waals surface area contributed by atoms with Crippen LogP contribution in [0.25, 0.3) is 22.3 Å². The smallest absolute Gasteiger partial charge is 0.416 e. The van der Waals surface area contributed by atoms with Crippen LogP contribution in [0.4, 0.5) is 13.2 Å². The summed E-state index contributed by atoms with van der Waals surface area (Å²) < 4.78 is 43.4. The second-order valence-corrected chi connectivity index (χ2v) is 5.41. The Morgan fingerprint density at radius 3 is 2.38 bits per heavy atom. The summed E-state index contributed by atoms with van der Waals surface area (Å²) >= 11 is 5.88. The van der Waals surface area contributed by atoms with Crippen LogP contribution in [0, 0.1) is 0 Å². The van der Waals surface area contributed by atoms with Gasteiger partial charge >= 0.3 is 6.18 Å². The van der Waals surface area contributed by atoms with Gasteiger partial charge in [0.15, 0.2) is 5.43 Å². The zero-order valence-corrected chi connectivity index (χ0v) is 12.4. The van der Waals surface area contributed by atoms with E-state index in [0.717, 1.165) is 36.4 Å². The number of hydrogen-bond donors (Lipinski definition) is 2. The Hall–Kier alpha value is -2.67. The minimum absolute atomic E-state index is 0.0755. The molecule has 0 aliphatic heterocycles. The number of phenolic OH excluding ortho intramolecular Hbond substituents is 2. The Balaban J connectivity index is 2.22. The van der Waals surface area contributed by atoms with Gasteiger partial charge in [-0.25, -0.2) is 0 Å². The molecule has 0 saturated heterocycles. The van der Waals surface area contributed by atoms with E-state index in [4.69, 9.17) is 16.0 Å². The molecule has 0 bridgehead atoms. The molecule has 0 spiro atoms. The number of rotatable bonds is 1. The van der Waals surface area contributed by atoms with Crippen molar-refractivity contribution in [3.63, 3.8) is 0 Å². The molecule has 0 radical (unpaired) electrons. The van der Waals surface area contributed by atoms with Crippen LogP contribution in [0.15, 0.2) is 45.6 Å². The van der Waals surface area contributed by atoms with Crippen LogP contribution in [0.5, 0.6) is 11.5 Å². The number of hydrogen-bond acceptors (Lipinski definition) is 4. The second kappa shape index (κ2) is 5.45. The highest BCUT2D eigenvalue weighted by Gasteiger charge is 2.31. The van der Waals surface area contributed by atoms with Crippen molar-refractivity contribution < 1.29 is 27.8 Å². The lowest BCUT2D eigenvalue weighted by atomic mass is 10.1. The fourth-order valence-corrected chi connectivity index (χ4v) is 2.55. The van der Waals surface area contributed by atoms with E-state index in [1.165, 1.54) is 0 Å². The van der Waals surface area contributed by atoms with Crippen LogP contribution >= 0.6 is 11.6 Å². The SMILES string of the molecule is O=c1cc(-c2ccc(C(F)(F)F)cc2Cl)oc2cc(O)cc(O)c12. The van der Waals surface area contributed by atoms with Crippen molar-refractivity contribution in [3.05, 3.63) is 57.2 Å². The highest BCUT2D eigenvalue weighted by atomic mass is 35.5. The Morgan fingerprint density at radius 2 is 1.75 bits per heavy atom. The predicted molar refractivity (Wildman–Crippen MR) is 81.3 cm³/mol. The molecule has 124 valence electrons. The first-order chi connectivity index (χ1) is 11.2. The van der Waals surface area contributed by atoms with Gasteiger partial charge in [0, 0.05) is 23.8 Å². The lowest BCUT2D eigenvalue weighted by Gasteiger charge is -2.10. The maximum absolute atomic E-state index is 12.7. The third-order valence-electron chi connectivity index (χ3n) is 3.36. The van der Waals surface area contributed by atoms with E-state index in [-0.39, 0.29) is 33.1 Å². The quantitative estimate of drug-likeness (QED) is 0.671. The standard InChI is InChI=1S/C16H8ClF3O4/c17-10-3-7(16(18,19)20)1-2-9(10)13-6-12(23)15-11(22)4-8(21)5-14(15)24-13/h1-6,21-22H. The molecule has 0 amide bonds. The molecule has 0 saturated carbocycles. The molecular formula is C16H8ClF3O4. The summed E-state index contributed by atoms with van der Waals surface area (Å²) in [4.78, 5) is 12.1. The van der Waals surface area contributed by atoms with Crippen LogP contribution in [-0.4, -0.2) is 10.2 Å². The summed E-state index contributed by atoms with van der Waals surface area (Å²) in [6.45, 7) is 0. The van der Waals surface area contributed by atoms with Gasteiger partial charge in [0.2, 0.25) is 0 Å². The first kappa shape index (κ1) is 16.2. The molecule has 2 N–H and O–H groups in total. The molecule has 3 aromatic rings. The maximum Gasteiger partial charge on any atom is 0.416 e. The van der Waals surface area contributed by atoms with Crippen LogP contribution < -0.4 is 5.43 Å². The molecule has 8 heteroatoms. The molecule has 1 aromatic heterocycles. The number of fused-ring (bicyclic) bond motifs is 1. The minimum Gasteiger partial charge on any atom is -0.508 e. The third-order valence-corrected chi connectivity index (χ3v) is 3.67. The van der Waals surface area contributed by atoms with Crippen molar-refractivity contribution in [1.29, 1.82) is 0 Å². The Kier molecular flexibility index (Phi) is 3.68. The van der Waals surface area contributed by atoms with E-state index in [9.17, 15) is 28.2 Å². The third kappa shape index (κ3) is 2.78. The fraction of sp³-hybridized carbons (Fsp3) is 0.0625. The zero-order valence-electron chi connectivity index (χ0n) is 11.7. The molecule has 0 unspecified atom stereocenters. The van der Waals surface area contributed by atoms with Gasteiger partial charge in [-0.1, -0.05) is 11.6 Å². The molecule has 3 rings (SSSR count). The Labute approximate surface area is 137 Å². The van der Waals surface area contributed by atoms with Crippen LogP contribution in [0.3, 0.4) is 0 Å². The van der Waals surface area contributed by atoms with Gasteiger partial charge in [0.1, 0.15) is 28.2 Å². The highest BCUT2D eigenvalue weighted by molar-refractivity contribution is 6.33. The summed E-state index contributed by atoms with van der Waals surface area (Å²) in [6, 6.07) is 5.71. The number of phenols is 2. The van der Waals surface area contributed by atoms with Gasteiger partial charge < -0.3 is 14.6 Å². The summed E-state index contributed by atoms with van der Waals surface area (Å²) in [7, 11) is 0. The van der Waals surface area contributed by atoms with Gasteiger partial charge in [0.05, 0.1) is 10.6 Å². The molecule has 0 aliphatic carbocycles. The van der Waals surface area contributed by atoms with Crippen LogP contribution in [-0.2, 0) is 6.18 Å². The van der Waals surface area contributed by atoms with Gasteiger partial charge in [-0.2, -0.15) is 13.2 Å². The molecule has 0 atom stereocenters. The number of alkyl halides is 3. The van der Waals surface area contributed by atoms with Gasteiger partial charge in [-0.15, -0.1) is 0 Å². The van der Waals surface area contributed by atoms with E-state index in [2.05, 4.69) is 0 Å². The Bertz CT molecular complexity index is 1010. The van der Waals surface area contributed by atoms with Crippen molar-refractivity contribution in [3.8, 4) is 22.8 Å². The van der Waals surface area contributed by atoms with Crippen molar-refractivity contribution in [2.45, 2.75) is 6.18 Å². The number of benzene rings is 2. The van der Waals surface area contributed by atoms with Crippen LogP contribution in [0.2, 0.25) is 5.02 Å². The normalized spacial score (nSPS) is 11.8. The predicted octanol–water partition coefficient (Wildman–Crippen LogP) is 4.54. The first-order valence-corrected chi connectivity index (χ1v) is 6.91. The summed E-state index contributed by atoms with van der Waals surface area (Å²) in [6.07, 6.45) is -4.55. The van der Waals surface area contributed by atoms with Crippen molar-refractivity contribution in [1.82, 2.24) is 0 Å². The van der Waals surface area contributed by atoms with Gasteiger partial charge in [0.25, 0.3) is 0 Å². The van der Waals surface area contributed by atoms with E-state index >= 15 is 0 Å². The molecule has 1 heterocycles. The zero-order chi connectivity index (χ0) is 17.6. The summed E-state index contributed by atoms with van der Waals surface area (Å²) in [5.74, 6) is -0.890. The lowest BCUT2D eigenvalue weighted by molar-refractivity contribution is -0.137. The van der Waals surface area contributed by atoms with Crippen molar-refractivity contribution in [2.75, 3.05) is 0 Å². The van der Waals surface area contributed by atoms with E-state index in [1.807, 2.05) is 0 Å². The van der Waals surface area contributed by atoms with E-state index in [0.29, 0.717) is 0 Å². The molecule has 0 fully saturated rings. The number of aromatic hydroxyl groups is 2. The number of halogens is 4. The maximum atomic E-state index is 12.7. The summed E-state index contributed by atoms with van der Waals surface area (Å²) in [5.41, 5.74) is -1.60. The monoisotopic (exact) mass is 356 g/mol. The van der Waals surface area contributed by atoms with E-state index < -0.39 is 22.9 Å². The highest BCUT2D eigenvalue weighted by Crippen LogP contribution is 2.37. The van der Waals surface area contributed by atoms with Crippen LogP contribution in [0.1, 0.15) is 5.56 Å². The van der Waals surface area contributed by atoms with Gasteiger partial charge in [-0.3, -0.25) is 4.79 Å². The largest absolute Gasteiger partial charge is 0.508 e.